The minimum atomic E-state index is -3.06. The van der Waals surface area contributed by atoms with E-state index < -0.39 is 20.5 Å². The summed E-state index contributed by atoms with van der Waals surface area (Å²) in [6.07, 6.45) is 3.23. The lowest BCUT2D eigenvalue weighted by Crippen LogP contribution is -2.56. The summed E-state index contributed by atoms with van der Waals surface area (Å²) >= 11 is 0. The Morgan fingerprint density at radius 1 is 0.818 bits per heavy atom. The van der Waals surface area contributed by atoms with E-state index in [1.54, 1.807) is 0 Å². The fourth-order valence-electron chi connectivity index (χ4n) is 2.25. The van der Waals surface area contributed by atoms with E-state index in [0.29, 0.717) is 32.7 Å². The van der Waals surface area contributed by atoms with Crippen molar-refractivity contribution in [2.75, 3.05) is 19.8 Å². The summed E-state index contributed by atoms with van der Waals surface area (Å²) in [4.78, 5) is 0. The second kappa shape index (κ2) is 11.5. The topological polar surface area (TPSA) is 109 Å². The van der Waals surface area contributed by atoms with E-state index in [0.717, 1.165) is 19.3 Å². The molecule has 0 aromatic heterocycles. The third-order valence-corrected chi connectivity index (χ3v) is 6.36. The second-order valence-electron chi connectivity index (χ2n) is 5.15. The third kappa shape index (κ3) is 9.16. The lowest BCUT2D eigenvalue weighted by Gasteiger charge is -2.32. The monoisotopic (exact) mass is 340 g/mol. The fraction of sp³-hybridized carbons (Fsp3) is 1.00. The Morgan fingerprint density at radius 3 is 1.68 bits per heavy atom. The average molecular weight is 340 g/mol. The van der Waals surface area contributed by atoms with Crippen LogP contribution in [-0.4, -0.2) is 60.8 Å². The van der Waals surface area contributed by atoms with E-state index in [-0.39, 0.29) is 6.42 Å². The third-order valence-electron chi connectivity index (χ3n) is 3.18. The number of hydrogen-bond acceptors (Lipinski definition) is 7. The highest BCUT2D eigenvalue weighted by molar-refractivity contribution is 6.62. The SMILES string of the molecule is CCO[Si](OCC)(OCC)C(O)CCCCCCC(O)(O)O. The molecule has 0 bridgehead atoms. The van der Waals surface area contributed by atoms with Crippen molar-refractivity contribution in [3.05, 3.63) is 0 Å². The molecule has 0 saturated heterocycles. The van der Waals surface area contributed by atoms with Gasteiger partial charge in [0.05, 0.1) is 0 Å². The van der Waals surface area contributed by atoms with Gasteiger partial charge < -0.3 is 33.7 Å². The van der Waals surface area contributed by atoms with Crippen LogP contribution in [0, 0.1) is 0 Å². The molecule has 0 aromatic rings. The Kier molecular flexibility index (Phi) is 11.4. The molecule has 8 heteroatoms. The van der Waals surface area contributed by atoms with Crippen LogP contribution in [-0.2, 0) is 13.3 Å². The fourth-order valence-corrected chi connectivity index (χ4v) is 4.84. The van der Waals surface area contributed by atoms with Gasteiger partial charge >= 0.3 is 8.80 Å². The maximum atomic E-state index is 10.4. The molecule has 0 aromatic carbocycles. The van der Waals surface area contributed by atoms with Crippen LogP contribution in [0.3, 0.4) is 0 Å². The number of hydrogen-bond donors (Lipinski definition) is 4. The number of rotatable bonds is 14. The van der Waals surface area contributed by atoms with Gasteiger partial charge in [-0.3, -0.25) is 0 Å². The molecule has 0 amide bonds. The smallest absolute Gasteiger partial charge is 0.389 e. The van der Waals surface area contributed by atoms with E-state index in [1.165, 1.54) is 0 Å². The van der Waals surface area contributed by atoms with Crippen LogP contribution in [0.25, 0.3) is 0 Å². The van der Waals surface area contributed by atoms with Crippen molar-refractivity contribution in [1.82, 2.24) is 0 Å². The standard InChI is InChI=1S/C14H32O7Si/c1-4-19-22(20-5-2,21-6-3)13(15)11-9-7-8-10-12-14(16,17)18/h13,15-18H,4-12H2,1-3H3. The zero-order valence-corrected chi connectivity index (χ0v) is 15.0. The molecule has 1 atom stereocenters. The van der Waals surface area contributed by atoms with Crippen LogP contribution >= 0.6 is 0 Å². The summed E-state index contributed by atoms with van der Waals surface area (Å²) in [6, 6.07) is 0. The Morgan fingerprint density at radius 2 is 1.27 bits per heavy atom. The number of aliphatic hydroxyl groups is 4. The molecule has 0 saturated carbocycles. The van der Waals surface area contributed by atoms with Crippen molar-refractivity contribution in [2.45, 2.75) is 71.0 Å². The summed E-state index contributed by atoms with van der Waals surface area (Å²) in [6.45, 7) is 6.81. The van der Waals surface area contributed by atoms with Crippen molar-refractivity contribution in [1.29, 1.82) is 0 Å². The second-order valence-corrected chi connectivity index (χ2v) is 7.89. The van der Waals surface area contributed by atoms with Gasteiger partial charge in [0.1, 0.15) is 5.73 Å². The highest BCUT2D eigenvalue weighted by atomic mass is 28.4. The average Bonchev–Trinajstić information content (AvgIpc) is 2.42. The van der Waals surface area contributed by atoms with Crippen molar-refractivity contribution < 1.29 is 33.7 Å². The lowest BCUT2D eigenvalue weighted by molar-refractivity contribution is -0.315. The Labute approximate surface area is 134 Å². The minimum Gasteiger partial charge on any atom is -0.389 e. The summed E-state index contributed by atoms with van der Waals surface area (Å²) in [5, 5.41) is 36.7. The van der Waals surface area contributed by atoms with Crippen molar-refractivity contribution in [3.63, 3.8) is 0 Å². The first-order valence-electron chi connectivity index (χ1n) is 8.08. The molecule has 0 heterocycles. The summed E-state index contributed by atoms with van der Waals surface area (Å²) in [5.41, 5.74) is -0.764. The molecule has 0 aliphatic heterocycles. The summed E-state index contributed by atoms with van der Waals surface area (Å²) in [7, 11) is -3.06. The first-order valence-corrected chi connectivity index (χ1v) is 9.88. The zero-order chi connectivity index (χ0) is 17.1. The molecule has 0 aliphatic carbocycles. The highest BCUT2D eigenvalue weighted by Gasteiger charge is 2.48. The molecule has 0 fully saturated rings. The highest BCUT2D eigenvalue weighted by Crippen LogP contribution is 2.20. The van der Waals surface area contributed by atoms with Crippen LogP contribution in [0.4, 0.5) is 0 Å². The zero-order valence-electron chi connectivity index (χ0n) is 14.0. The first kappa shape index (κ1) is 21.9. The van der Waals surface area contributed by atoms with E-state index in [2.05, 4.69) is 0 Å². The normalized spacial score (nSPS) is 14.3. The molecule has 0 radical (unpaired) electrons. The van der Waals surface area contributed by atoms with Gasteiger partial charge in [-0.25, -0.2) is 0 Å². The molecule has 0 rings (SSSR count). The predicted molar refractivity (Wildman–Crippen MR) is 83.7 cm³/mol. The largest absolute Gasteiger partial charge is 0.531 e. The van der Waals surface area contributed by atoms with E-state index in [1.807, 2.05) is 20.8 Å². The first-order chi connectivity index (χ1) is 10.3. The van der Waals surface area contributed by atoms with Gasteiger partial charge in [-0.15, -0.1) is 0 Å². The lowest BCUT2D eigenvalue weighted by atomic mass is 10.1. The maximum Gasteiger partial charge on any atom is 0.531 e. The Hall–Kier alpha value is -0.0631. The molecule has 134 valence electrons. The van der Waals surface area contributed by atoms with Gasteiger partial charge in [0.15, 0.2) is 0 Å². The number of aliphatic hydroxyl groups excluding tert-OH is 1. The molecule has 1 unspecified atom stereocenters. The Bertz CT molecular complexity index is 253. The minimum absolute atomic E-state index is 0.0783. The van der Waals surface area contributed by atoms with Crippen molar-refractivity contribution in [3.8, 4) is 0 Å². The Balaban J connectivity index is 4.19. The predicted octanol–water partition coefficient (Wildman–Crippen LogP) is 0.906. The van der Waals surface area contributed by atoms with Gasteiger partial charge in [0.2, 0.25) is 0 Å². The maximum absolute atomic E-state index is 10.4. The molecular weight excluding hydrogens is 308 g/mol. The van der Waals surface area contributed by atoms with E-state index in [9.17, 15) is 5.11 Å². The van der Waals surface area contributed by atoms with Gasteiger partial charge in [-0.05, 0) is 33.6 Å². The molecule has 7 nitrogen and oxygen atoms in total. The van der Waals surface area contributed by atoms with Crippen molar-refractivity contribution >= 4 is 8.80 Å². The van der Waals surface area contributed by atoms with E-state index >= 15 is 0 Å². The summed E-state index contributed by atoms with van der Waals surface area (Å²) in [5.74, 6) is -2.58. The van der Waals surface area contributed by atoms with Gasteiger partial charge in [0, 0.05) is 26.2 Å². The van der Waals surface area contributed by atoms with Crippen LogP contribution < -0.4 is 0 Å². The van der Waals surface area contributed by atoms with E-state index in [4.69, 9.17) is 28.6 Å². The van der Waals surface area contributed by atoms with Crippen LogP contribution in [0.5, 0.6) is 0 Å². The quantitative estimate of drug-likeness (QED) is 0.211. The summed E-state index contributed by atoms with van der Waals surface area (Å²) < 4.78 is 16.9. The van der Waals surface area contributed by atoms with Gasteiger partial charge in [-0.1, -0.05) is 19.3 Å². The molecule has 0 spiro atoms. The van der Waals surface area contributed by atoms with Crippen LogP contribution in [0.15, 0.2) is 0 Å². The van der Waals surface area contributed by atoms with Crippen molar-refractivity contribution in [2.24, 2.45) is 0 Å². The molecule has 0 aliphatic rings. The number of unbranched alkanes of at least 4 members (excludes halogenated alkanes) is 3. The molecular formula is C14H32O7Si. The molecule has 22 heavy (non-hydrogen) atoms. The van der Waals surface area contributed by atoms with Gasteiger partial charge in [0.25, 0.3) is 5.97 Å². The van der Waals surface area contributed by atoms with Gasteiger partial charge in [-0.2, -0.15) is 0 Å². The van der Waals surface area contributed by atoms with Crippen LogP contribution in [0.1, 0.15) is 59.3 Å². The molecule has 4 N–H and O–H groups in total. The van der Waals surface area contributed by atoms with Crippen LogP contribution in [0.2, 0.25) is 0 Å².